The summed E-state index contributed by atoms with van der Waals surface area (Å²) in [5, 5.41) is 6.81. The summed E-state index contributed by atoms with van der Waals surface area (Å²) in [5.74, 6) is 0.684. The van der Waals surface area contributed by atoms with Crippen molar-refractivity contribution in [3.63, 3.8) is 0 Å². The normalized spacial score (nSPS) is 11.3. The van der Waals surface area contributed by atoms with Crippen molar-refractivity contribution in [2.24, 2.45) is 0 Å². The number of carbonyl (C=O) groups is 1. The van der Waals surface area contributed by atoms with E-state index < -0.39 is 17.6 Å². The molecule has 1 N–H and O–H groups in total. The molecular formula is C24H26F3N3O4. The fourth-order valence-electron chi connectivity index (χ4n) is 3.68. The number of nitrogens with one attached hydrogen (secondary N) is 1. The van der Waals surface area contributed by atoms with Gasteiger partial charge in [-0.15, -0.1) is 0 Å². The zero-order chi connectivity index (χ0) is 25.0. The van der Waals surface area contributed by atoms with Gasteiger partial charge in [0.25, 0.3) is 0 Å². The van der Waals surface area contributed by atoms with Gasteiger partial charge in [0, 0.05) is 12.2 Å². The predicted molar refractivity (Wildman–Crippen MR) is 120 cm³/mol. The maximum absolute atomic E-state index is 13.8. The number of aryl methyl sites for hydroxylation is 2. The van der Waals surface area contributed by atoms with Crippen LogP contribution >= 0.6 is 0 Å². The third kappa shape index (κ3) is 5.44. The first kappa shape index (κ1) is 24.9. The van der Waals surface area contributed by atoms with Crippen molar-refractivity contribution < 1.29 is 32.2 Å². The first-order chi connectivity index (χ1) is 16.1. The van der Waals surface area contributed by atoms with Gasteiger partial charge in [0.05, 0.1) is 44.7 Å². The Morgan fingerprint density at radius 1 is 1.00 bits per heavy atom. The molecule has 34 heavy (non-hydrogen) atoms. The van der Waals surface area contributed by atoms with Gasteiger partial charge in [-0.1, -0.05) is 6.07 Å². The zero-order valence-electron chi connectivity index (χ0n) is 19.5. The molecule has 1 aromatic heterocycles. The molecule has 0 atom stereocenters. The first-order valence-electron chi connectivity index (χ1n) is 10.4. The number of halogens is 3. The van der Waals surface area contributed by atoms with Gasteiger partial charge in [-0.05, 0) is 55.3 Å². The minimum atomic E-state index is -4.59. The average molecular weight is 477 g/mol. The van der Waals surface area contributed by atoms with Crippen molar-refractivity contribution in [2.75, 3.05) is 21.3 Å². The summed E-state index contributed by atoms with van der Waals surface area (Å²) in [6, 6.07) is 8.96. The number of amides is 1. The second kappa shape index (κ2) is 10.1. The Morgan fingerprint density at radius 2 is 1.65 bits per heavy atom. The SMILES string of the molecule is COc1cc(CC(=O)NCc2ccc(-n3nc(C)cc3C)cc2C(F)(F)F)cc(OC)c1OC. The van der Waals surface area contributed by atoms with Crippen LogP contribution in [0.25, 0.3) is 5.69 Å². The van der Waals surface area contributed by atoms with Crippen molar-refractivity contribution in [1.29, 1.82) is 0 Å². The van der Waals surface area contributed by atoms with E-state index in [0.29, 0.717) is 34.2 Å². The van der Waals surface area contributed by atoms with E-state index in [-0.39, 0.29) is 18.5 Å². The molecule has 1 heterocycles. The molecule has 0 radical (unpaired) electrons. The fraction of sp³-hybridized carbons (Fsp3) is 0.333. The third-order valence-electron chi connectivity index (χ3n) is 5.22. The van der Waals surface area contributed by atoms with E-state index in [1.807, 2.05) is 0 Å². The largest absolute Gasteiger partial charge is 0.493 e. The van der Waals surface area contributed by atoms with Crippen LogP contribution in [0.4, 0.5) is 13.2 Å². The van der Waals surface area contributed by atoms with E-state index in [2.05, 4.69) is 10.4 Å². The molecule has 0 aliphatic heterocycles. The Bertz CT molecular complexity index is 1160. The van der Waals surface area contributed by atoms with Crippen LogP contribution in [0.1, 0.15) is 28.1 Å². The molecule has 0 bridgehead atoms. The second-order valence-corrected chi connectivity index (χ2v) is 7.67. The molecule has 0 unspecified atom stereocenters. The van der Waals surface area contributed by atoms with Crippen molar-refractivity contribution in [1.82, 2.24) is 15.1 Å². The predicted octanol–water partition coefficient (Wildman–Crippen LogP) is 4.39. The van der Waals surface area contributed by atoms with Crippen LogP contribution in [0.3, 0.4) is 0 Å². The maximum atomic E-state index is 13.8. The van der Waals surface area contributed by atoms with Crippen molar-refractivity contribution in [2.45, 2.75) is 33.0 Å². The van der Waals surface area contributed by atoms with Gasteiger partial charge < -0.3 is 19.5 Å². The van der Waals surface area contributed by atoms with Gasteiger partial charge in [-0.3, -0.25) is 4.79 Å². The van der Waals surface area contributed by atoms with Crippen molar-refractivity contribution in [3.8, 4) is 22.9 Å². The summed E-state index contributed by atoms with van der Waals surface area (Å²) in [7, 11) is 4.37. The molecule has 10 heteroatoms. The number of benzene rings is 2. The Morgan fingerprint density at radius 3 is 2.15 bits per heavy atom. The molecule has 0 saturated heterocycles. The first-order valence-corrected chi connectivity index (χ1v) is 10.4. The van der Waals surface area contributed by atoms with Gasteiger partial charge >= 0.3 is 6.18 Å². The molecule has 0 fully saturated rings. The van der Waals surface area contributed by atoms with Crippen LogP contribution < -0.4 is 19.5 Å². The average Bonchev–Trinajstić information content (AvgIpc) is 3.13. The fourth-order valence-corrected chi connectivity index (χ4v) is 3.68. The number of carbonyl (C=O) groups excluding carboxylic acids is 1. The van der Waals surface area contributed by atoms with Crippen LogP contribution in [-0.4, -0.2) is 37.0 Å². The van der Waals surface area contributed by atoms with E-state index in [4.69, 9.17) is 14.2 Å². The minimum absolute atomic E-state index is 0.0453. The summed E-state index contributed by atoms with van der Waals surface area (Å²) in [4.78, 5) is 12.5. The second-order valence-electron chi connectivity index (χ2n) is 7.67. The molecule has 182 valence electrons. The van der Waals surface area contributed by atoms with E-state index in [9.17, 15) is 18.0 Å². The lowest BCUT2D eigenvalue weighted by Crippen LogP contribution is -2.26. The van der Waals surface area contributed by atoms with Gasteiger partial charge in [0.2, 0.25) is 11.7 Å². The van der Waals surface area contributed by atoms with Crippen molar-refractivity contribution in [3.05, 3.63) is 64.5 Å². The van der Waals surface area contributed by atoms with Gasteiger partial charge in [-0.25, -0.2) is 4.68 Å². The lowest BCUT2D eigenvalue weighted by Gasteiger charge is -2.16. The Kier molecular flexibility index (Phi) is 7.38. The molecule has 0 saturated carbocycles. The number of methoxy groups -OCH3 is 3. The van der Waals surface area contributed by atoms with Gasteiger partial charge in [0.15, 0.2) is 11.5 Å². The molecular weight excluding hydrogens is 451 g/mol. The molecule has 3 rings (SSSR count). The highest BCUT2D eigenvalue weighted by Crippen LogP contribution is 2.38. The van der Waals surface area contributed by atoms with Gasteiger partial charge in [0.1, 0.15) is 0 Å². The van der Waals surface area contributed by atoms with E-state index in [0.717, 1.165) is 11.8 Å². The topological polar surface area (TPSA) is 74.6 Å². The van der Waals surface area contributed by atoms with Crippen molar-refractivity contribution >= 4 is 5.91 Å². The van der Waals surface area contributed by atoms with Crippen LogP contribution in [0, 0.1) is 13.8 Å². The van der Waals surface area contributed by atoms with Crippen LogP contribution in [-0.2, 0) is 23.9 Å². The maximum Gasteiger partial charge on any atom is 0.416 e. The van der Waals surface area contributed by atoms with Crippen LogP contribution in [0.2, 0.25) is 0 Å². The number of hydrogen-bond acceptors (Lipinski definition) is 5. The smallest absolute Gasteiger partial charge is 0.416 e. The molecule has 0 aliphatic carbocycles. The number of rotatable bonds is 8. The van der Waals surface area contributed by atoms with E-state index in [1.165, 1.54) is 32.1 Å². The molecule has 3 aromatic rings. The number of ether oxygens (including phenoxy) is 3. The molecule has 7 nitrogen and oxygen atoms in total. The molecule has 1 amide bonds. The molecule has 0 aliphatic rings. The lowest BCUT2D eigenvalue weighted by atomic mass is 10.1. The summed E-state index contributed by atoms with van der Waals surface area (Å²) in [5.41, 5.74) is 1.40. The highest BCUT2D eigenvalue weighted by Gasteiger charge is 2.34. The standard InChI is InChI=1S/C24H26F3N3O4/c1-14-8-15(2)30(29-14)18-7-6-17(19(12-18)24(25,26)27)13-28-22(31)11-16-9-20(32-3)23(34-5)21(10-16)33-4/h6-10,12H,11,13H2,1-5H3,(H,28,31). The van der Waals surface area contributed by atoms with Crippen LogP contribution in [0.5, 0.6) is 17.2 Å². The number of aromatic nitrogens is 2. The third-order valence-corrected chi connectivity index (χ3v) is 5.22. The summed E-state index contributed by atoms with van der Waals surface area (Å²) in [6.45, 7) is 3.26. The summed E-state index contributed by atoms with van der Waals surface area (Å²) in [6.07, 6.45) is -4.68. The highest BCUT2D eigenvalue weighted by molar-refractivity contribution is 5.79. The highest BCUT2D eigenvalue weighted by atomic mass is 19.4. The zero-order valence-corrected chi connectivity index (χ0v) is 19.5. The lowest BCUT2D eigenvalue weighted by molar-refractivity contribution is -0.138. The summed E-state index contributed by atoms with van der Waals surface area (Å²) >= 11 is 0. The number of alkyl halides is 3. The Balaban J connectivity index is 1.80. The Hall–Kier alpha value is -3.69. The number of nitrogens with zero attached hydrogens (tertiary/aromatic N) is 2. The Labute approximate surface area is 195 Å². The molecule has 0 spiro atoms. The monoisotopic (exact) mass is 477 g/mol. The quantitative estimate of drug-likeness (QED) is 0.521. The molecule has 2 aromatic carbocycles. The number of hydrogen-bond donors (Lipinski definition) is 1. The van der Waals surface area contributed by atoms with E-state index in [1.54, 1.807) is 38.1 Å². The van der Waals surface area contributed by atoms with E-state index >= 15 is 0 Å². The van der Waals surface area contributed by atoms with Crippen LogP contribution in [0.15, 0.2) is 36.4 Å². The van der Waals surface area contributed by atoms with Gasteiger partial charge in [-0.2, -0.15) is 18.3 Å². The summed E-state index contributed by atoms with van der Waals surface area (Å²) < 4.78 is 58.6. The minimum Gasteiger partial charge on any atom is -0.493 e.